The largest absolute Gasteiger partial charge is 0.376 e. The summed E-state index contributed by atoms with van der Waals surface area (Å²) in [5.74, 6) is 0. The lowest BCUT2D eigenvalue weighted by Crippen LogP contribution is -2.28. The van der Waals surface area contributed by atoms with Gasteiger partial charge in [-0.05, 0) is 43.0 Å². The maximum atomic E-state index is 5.68. The zero-order chi connectivity index (χ0) is 12.3. The van der Waals surface area contributed by atoms with E-state index < -0.39 is 0 Å². The molecule has 94 valence electrons. The van der Waals surface area contributed by atoms with Crippen molar-refractivity contribution in [1.82, 2.24) is 0 Å². The number of likely N-dealkylation sites (N-methyl/N-ethyl adjacent to an activating group) is 1. The summed E-state index contributed by atoms with van der Waals surface area (Å²) >= 11 is 0. The van der Waals surface area contributed by atoms with Crippen LogP contribution in [-0.4, -0.2) is 26.3 Å². The minimum atomic E-state index is 0.398. The SMILES string of the molecule is Cc1cc(N(C)CC2CCCO2)ccc1CN. The van der Waals surface area contributed by atoms with E-state index in [4.69, 9.17) is 10.5 Å². The topological polar surface area (TPSA) is 38.5 Å². The first kappa shape index (κ1) is 12.4. The molecule has 1 unspecified atom stereocenters. The van der Waals surface area contributed by atoms with E-state index in [1.807, 2.05) is 0 Å². The molecule has 0 amide bonds. The van der Waals surface area contributed by atoms with Crippen molar-refractivity contribution in [2.45, 2.75) is 32.4 Å². The van der Waals surface area contributed by atoms with Crippen LogP contribution < -0.4 is 10.6 Å². The summed E-state index contributed by atoms with van der Waals surface area (Å²) in [5.41, 5.74) is 9.41. The minimum absolute atomic E-state index is 0.398. The van der Waals surface area contributed by atoms with Crippen LogP contribution in [-0.2, 0) is 11.3 Å². The van der Waals surface area contributed by atoms with Crippen LogP contribution in [0.1, 0.15) is 24.0 Å². The van der Waals surface area contributed by atoms with Gasteiger partial charge in [0.2, 0.25) is 0 Å². The van der Waals surface area contributed by atoms with E-state index in [-0.39, 0.29) is 0 Å². The molecule has 0 saturated carbocycles. The minimum Gasteiger partial charge on any atom is -0.376 e. The van der Waals surface area contributed by atoms with E-state index >= 15 is 0 Å². The lowest BCUT2D eigenvalue weighted by Gasteiger charge is -2.23. The highest BCUT2D eigenvalue weighted by Crippen LogP contribution is 2.20. The molecule has 0 radical (unpaired) electrons. The average Bonchev–Trinajstić information content (AvgIpc) is 2.81. The standard InChI is InChI=1S/C14H22N2O/c1-11-8-13(6-5-12(11)9-15)16(2)10-14-4-3-7-17-14/h5-6,8,14H,3-4,7,9-10,15H2,1-2H3. The van der Waals surface area contributed by atoms with Crippen molar-refractivity contribution in [3.05, 3.63) is 29.3 Å². The van der Waals surface area contributed by atoms with Gasteiger partial charge in [0, 0.05) is 32.4 Å². The summed E-state index contributed by atoms with van der Waals surface area (Å²) in [6.07, 6.45) is 2.78. The predicted octanol–water partition coefficient (Wildman–Crippen LogP) is 2.07. The first-order valence-corrected chi connectivity index (χ1v) is 6.33. The van der Waals surface area contributed by atoms with Crippen molar-refractivity contribution in [2.75, 3.05) is 25.1 Å². The van der Waals surface area contributed by atoms with Gasteiger partial charge in [0.05, 0.1) is 6.10 Å². The van der Waals surface area contributed by atoms with Crippen molar-refractivity contribution >= 4 is 5.69 Å². The number of benzene rings is 1. The van der Waals surface area contributed by atoms with Gasteiger partial charge in [-0.2, -0.15) is 0 Å². The summed E-state index contributed by atoms with van der Waals surface area (Å²) < 4.78 is 5.66. The Kier molecular flexibility index (Phi) is 4.02. The van der Waals surface area contributed by atoms with Crippen molar-refractivity contribution in [2.24, 2.45) is 5.73 Å². The number of nitrogens with two attached hydrogens (primary N) is 1. The highest BCUT2D eigenvalue weighted by Gasteiger charge is 2.17. The Bertz CT molecular complexity index is 372. The van der Waals surface area contributed by atoms with Gasteiger partial charge in [0.15, 0.2) is 0 Å². The molecular weight excluding hydrogens is 212 g/mol. The second kappa shape index (κ2) is 5.52. The molecule has 2 N–H and O–H groups in total. The molecule has 2 rings (SSSR count). The summed E-state index contributed by atoms with van der Waals surface area (Å²) in [5, 5.41) is 0. The van der Waals surface area contributed by atoms with Crippen LogP contribution in [0.4, 0.5) is 5.69 Å². The molecule has 3 nitrogen and oxygen atoms in total. The molecule has 1 saturated heterocycles. The Balaban J connectivity index is 2.02. The number of ether oxygens (including phenoxy) is 1. The number of rotatable bonds is 4. The Morgan fingerprint density at radius 3 is 2.88 bits per heavy atom. The fourth-order valence-corrected chi connectivity index (χ4v) is 2.35. The van der Waals surface area contributed by atoms with Gasteiger partial charge < -0.3 is 15.4 Å². The summed E-state index contributed by atoms with van der Waals surface area (Å²) in [4.78, 5) is 2.27. The van der Waals surface area contributed by atoms with Crippen LogP contribution in [0.25, 0.3) is 0 Å². The highest BCUT2D eigenvalue weighted by atomic mass is 16.5. The van der Waals surface area contributed by atoms with Gasteiger partial charge in [-0.3, -0.25) is 0 Å². The molecule has 0 aromatic heterocycles. The highest BCUT2D eigenvalue weighted by molar-refractivity contribution is 5.50. The van der Waals surface area contributed by atoms with Crippen molar-refractivity contribution < 1.29 is 4.74 Å². The molecule has 1 aliphatic heterocycles. The van der Waals surface area contributed by atoms with Crippen molar-refractivity contribution in [1.29, 1.82) is 0 Å². The van der Waals surface area contributed by atoms with Gasteiger partial charge in [0.25, 0.3) is 0 Å². The molecule has 1 aromatic rings. The van der Waals surface area contributed by atoms with Gasteiger partial charge in [-0.15, -0.1) is 0 Å². The summed E-state index contributed by atoms with van der Waals surface area (Å²) in [6, 6.07) is 6.47. The second-order valence-corrected chi connectivity index (χ2v) is 4.83. The Morgan fingerprint density at radius 1 is 1.47 bits per heavy atom. The van der Waals surface area contributed by atoms with Crippen LogP contribution in [0.2, 0.25) is 0 Å². The maximum absolute atomic E-state index is 5.68. The molecule has 0 spiro atoms. The zero-order valence-electron chi connectivity index (χ0n) is 10.8. The first-order chi connectivity index (χ1) is 8.20. The van der Waals surface area contributed by atoms with Crippen molar-refractivity contribution in [3.63, 3.8) is 0 Å². The number of nitrogens with zero attached hydrogens (tertiary/aromatic N) is 1. The number of anilines is 1. The van der Waals surface area contributed by atoms with Gasteiger partial charge in [-0.1, -0.05) is 6.07 Å². The third-order valence-electron chi connectivity index (χ3n) is 3.49. The Morgan fingerprint density at radius 2 is 2.29 bits per heavy atom. The molecule has 1 fully saturated rings. The van der Waals surface area contributed by atoms with E-state index in [2.05, 4.69) is 37.1 Å². The van der Waals surface area contributed by atoms with Gasteiger partial charge in [-0.25, -0.2) is 0 Å². The fourth-order valence-electron chi connectivity index (χ4n) is 2.35. The van der Waals surface area contributed by atoms with Crippen molar-refractivity contribution in [3.8, 4) is 0 Å². The zero-order valence-corrected chi connectivity index (χ0v) is 10.8. The molecular formula is C14H22N2O. The van der Waals surface area contributed by atoms with Crippen LogP contribution in [0.15, 0.2) is 18.2 Å². The molecule has 1 atom stereocenters. The molecule has 0 aliphatic carbocycles. The molecule has 17 heavy (non-hydrogen) atoms. The maximum Gasteiger partial charge on any atom is 0.0750 e. The van der Waals surface area contributed by atoms with E-state index in [9.17, 15) is 0 Å². The smallest absolute Gasteiger partial charge is 0.0750 e. The Labute approximate surface area is 104 Å². The number of hydrogen-bond acceptors (Lipinski definition) is 3. The van der Waals surface area contributed by atoms with E-state index in [0.717, 1.165) is 13.2 Å². The average molecular weight is 234 g/mol. The van der Waals surface area contributed by atoms with E-state index in [0.29, 0.717) is 12.6 Å². The molecule has 3 heteroatoms. The molecule has 1 aliphatic rings. The van der Waals surface area contributed by atoms with Gasteiger partial charge in [0.1, 0.15) is 0 Å². The van der Waals surface area contributed by atoms with E-state index in [1.165, 1.54) is 29.7 Å². The summed E-state index contributed by atoms with van der Waals surface area (Å²) in [6.45, 7) is 4.62. The van der Waals surface area contributed by atoms with Gasteiger partial charge >= 0.3 is 0 Å². The quantitative estimate of drug-likeness (QED) is 0.866. The lowest BCUT2D eigenvalue weighted by atomic mass is 10.1. The molecule has 1 heterocycles. The third-order valence-corrected chi connectivity index (χ3v) is 3.49. The monoisotopic (exact) mass is 234 g/mol. The van der Waals surface area contributed by atoms with Crippen LogP contribution in [0, 0.1) is 6.92 Å². The van der Waals surface area contributed by atoms with Crippen LogP contribution in [0.5, 0.6) is 0 Å². The third kappa shape index (κ3) is 2.99. The lowest BCUT2D eigenvalue weighted by molar-refractivity contribution is 0.116. The Hall–Kier alpha value is -1.06. The second-order valence-electron chi connectivity index (χ2n) is 4.83. The normalized spacial score (nSPS) is 19.6. The molecule has 1 aromatic carbocycles. The van der Waals surface area contributed by atoms with Crippen LogP contribution in [0.3, 0.4) is 0 Å². The van der Waals surface area contributed by atoms with E-state index in [1.54, 1.807) is 0 Å². The summed E-state index contributed by atoms with van der Waals surface area (Å²) in [7, 11) is 2.12. The molecule has 0 bridgehead atoms. The number of hydrogen-bond donors (Lipinski definition) is 1. The van der Waals surface area contributed by atoms with Crippen LogP contribution >= 0.6 is 0 Å². The number of aryl methyl sites for hydroxylation is 1. The first-order valence-electron chi connectivity index (χ1n) is 6.33. The fraction of sp³-hybridized carbons (Fsp3) is 0.571. The predicted molar refractivity (Wildman–Crippen MR) is 71.3 cm³/mol.